The Morgan fingerprint density at radius 1 is 1.00 bits per heavy atom. The molecule has 1 rings (SSSR count). The maximum absolute atomic E-state index is 2.31. The second kappa shape index (κ2) is 7.28. The largest absolute Gasteiger partial charge is 0.0882 e. The fraction of sp³-hybridized carbons (Fsp3) is 0.467. The zero-order valence-corrected chi connectivity index (χ0v) is 10.00. The van der Waals surface area contributed by atoms with Crippen molar-refractivity contribution in [3.63, 3.8) is 0 Å². The Morgan fingerprint density at radius 2 is 1.73 bits per heavy atom. The second-order valence-electron chi connectivity index (χ2n) is 4.16. The molecule has 0 heteroatoms. The van der Waals surface area contributed by atoms with Crippen LogP contribution in [0.15, 0.2) is 36.4 Å². The first-order valence-corrected chi connectivity index (χ1v) is 6.03. The SMILES string of the molecule is CCCCC/C=C/Cc1ccc(C)cc1. The number of benzene rings is 1. The Balaban J connectivity index is 2.22. The summed E-state index contributed by atoms with van der Waals surface area (Å²) in [5, 5.41) is 0. The molecule has 0 N–H and O–H groups in total. The quantitative estimate of drug-likeness (QED) is 0.464. The van der Waals surface area contributed by atoms with Crippen LogP contribution < -0.4 is 0 Å². The van der Waals surface area contributed by atoms with Gasteiger partial charge in [-0.05, 0) is 31.7 Å². The van der Waals surface area contributed by atoms with E-state index in [1.807, 2.05) is 0 Å². The summed E-state index contributed by atoms with van der Waals surface area (Å²) in [5.74, 6) is 0. The minimum absolute atomic E-state index is 1.08. The lowest BCUT2D eigenvalue weighted by Gasteiger charge is -1.97. The van der Waals surface area contributed by atoms with Crippen molar-refractivity contribution >= 4 is 0 Å². The summed E-state index contributed by atoms with van der Waals surface area (Å²) in [6.45, 7) is 4.38. The van der Waals surface area contributed by atoms with Crippen molar-refractivity contribution in [3.8, 4) is 0 Å². The molecule has 0 nitrogen and oxygen atoms in total. The minimum Gasteiger partial charge on any atom is -0.0882 e. The molecule has 0 unspecified atom stereocenters. The highest BCUT2D eigenvalue weighted by molar-refractivity contribution is 5.22. The molecule has 0 radical (unpaired) electrons. The molecule has 0 aliphatic heterocycles. The van der Waals surface area contributed by atoms with Gasteiger partial charge in [-0.2, -0.15) is 0 Å². The Bertz CT molecular complexity index is 279. The van der Waals surface area contributed by atoms with Gasteiger partial charge < -0.3 is 0 Å². The van der Waals surface area contributed by atoms with E-state index in [-0.39, 0.29) is 0 Å². The van der Waals surface area contributed by atoms with Gasteiger partial charge in [0.25, 0.3) is 0 Å². The van der Waals surface area contributed by atoms with Crippen molar-refractivity contribution in [3.05, 3.63) is 47.5 Å². The van der Waals surface area contributed by atoms with E-state index in [1.54, 1.807) is 0 Å². The van der Waals surface area contributed by atoms with E-state index in [1.165, 1.54) is 36.8 Å². The summed E-state index contributed by atoms with van der Waals surface area (Å²) in [6.07, 6.45) is 10.9. The lowest BCUT2D eigenvalue weighted by molar-refractivity contribution is 0.728. The van der Waals surface area contributed by atoms with Crippen LogP contribution in [0.3, 0.4) is 0 Å². The molecule has 0 aliphatic rings. The topological polar surface area (TPSA) is 0 Å². The molecule has 0 aliphatic carbocycles. The molecule has 0 saturated heterocycles. The smallest absolute Gasteiger partial charge is 0.00975 e. The third-order valence-electron chi connectivity index (χ3n) is 2.62. The van der Waals surface area contributed by atoms with Crippen molar-refractivity contribution in [2.75, 3.05) is 0 Å². The van der Waals surface area contributed by atoms with Crippen molar-refractivity contribution in [2.24, 2.45) is 0 Å². The van der Waals surface area contributed by atoms with E-state index in [0.29, 0.717) is 0 Å². The first kappa shape index (κ1) is 12.0. The Labute approximate surface area is 94.0 Å². The highest BCUT2D eigenvalue weighted by Crippen LogP contribution is 2.05. The van der Waals surface area contributed by atoms with E-state index < -0.39 is 0 Å². The van der Waals surface area contributed by atoms with Gasteiger partial charge >= 0.3 is 0 Å². The van der Waals surface area contributed by atoms with E-state index >= 15 is 0 Å². The molecule has 0 heterocycles. The number of allylic oxidation sites excluding steroid dienone is 2. The standard InChI is InChI=1S/C15H22/c1-3-4-5-6-7-8-9-15-12-10-14(2)11-13-15/h7-8,10-13H,3-6,9H2,1-2H3/b8-7+. The molecule has 82 valence electrons. The fourth-order valence-electron chi connectivity index (χ4n) is 1.57. The Hall–Kier alpha value is -1.04. The van der Waals surface area contributed by atoms with Crippen LogP contribution in [0.2, 0.25) is 0 Å². The van der Waals surface area contributed by atoms with E-state index in [9.17, 15) is 0 Å². The zero-order valence-electron chi connectivity index (χ0n) is 10.00. The maximum atomic E-state index is 2.31. The fourth-order valence-corrected chi connectivity index (χ4v) is 1.57. The third-order valence-corrected chi connectivity index (χ3v) is 2.62. The first-order valence-electron chi connectivity index (χ1n) is 6.03. The van der Waals surface area contributed by atoms with Crippen LogP contribution >= 0.6 is 0 Å². The van der Waals surface area contributed by atoms with Crippen LogP contribution in [0, 0.1) is 6.92 Å². The van der Waals surface area contributed by atoms with E-state index in [2.05, 4.69) is 50.3 Å². The summed E-state index contributed by atoms with van der Waals surface area (Å²) in [6, 6.07) is 8.79. The van der Waals surface area contributed by atoms with Gasteiger partial charge in [0.2, 0.25) is 0 Å². The molecule has 15 heavy (non-hydrogen) atoms. The predicted molar refractivity (Wildman–Crippen MR) is 68.2 cm³/mol. The van der Waals surface area contributed by atoms with E-state index in [0.717, 1.165) is 6.42 Å². The minimum atomic E-state index is 1.08. The van der Waals surface area contributed by atoms with Gasteiger partial charge in [0.15, 0.2) is 0 Å². The van der Waals surface area contributed by atoms with Crippen LogP contribution in [0.1, 0.15) is 43.7 Å². The van der Waals surface area contributed by atoms with Crippen molar-refractivity contribution < 1.29 is 0 Å². The summed E-state index contributed by atoms with van der Waals surface area (Å²) in [4.78, 5) is 0. The molecular formula is C15H22. The van der Waals surface area contributed by atoms with Crippen LogP contribution in [-0.4, -0.2) is 0 Å². The van der Waals surface area contributed by atoms with Gasteiger partial charge in [0.1, 0.15) is 0 Å². The van der Waals surface area contributed by atoms with Crippen molar-refractivity contribution in [1.29, 1.82) is 0 Å². The van der Waals surface area contributed by atoms with Gasteiger partial charge in [0.05, 0.1) is 0 Å². The molecule has 0 atom stereocenters. The van der Waals surface area contributed by atoms with E-state index in [4.69, 9.17) is 0 Å². The first-order chi connectivity index (χ1) is 7.33. The number of rotatable bonds is 6. The lowest BCUT2D eigenvalue weighted by Crippen LogP contribution is -1.81. The average molecular weight is 202 g/mol. The number of hydrogen-bond acceptors (Lipinski definition) is 0. The molecule has 0 amide bonds. The highest BCUT2D eigenvalue weighted by Gasteiger charge is 1.88. The summed E-state index contributed by atoms with van der Waals surface area (Å²) >= 11 is 0. The number of unbranched alkanes of at least 4 members (excludes halogenated alkanes) is 3. The van der Waals surface area contributed by atoms with Crippen LogP contribution in [0.4, 0.5) is 0 Å². The average Bonchev–Trinajstić information content (AvgIpc) is 2.26. The normalized spacial score (nSPS) is 11.1. The van der Waals surface area contributed by atoms with Crippen LogP contribution in [0.5, 0.6) is 0 Å². The third kappa shape index (κ3) is 5.41. The van der Waals surface area contributed by atoms with Gasteiger partial charge in [-0.1, -0.05) is 61.7 Å². The number of hydrogen-bond donors (Lipinski definition) is 0. The summed E-state index contributed by atoms with van der Waals surface area (Å²) < 4.78 is 0. The molecule has 1 aromatic rings. The monoisotopic (exact) mass is 202 g/mol. The predicted octanol–water partition coefficient (Wildman–Crippen LogP) is 4.67. The second-order valence-corrected chi connectivity index (χ2v) is 4.16. The van der Waals surface area contributed by atoms with Gasteiger partial charge in [-0.3, -0.25) is 0 Å². The van der Waals surface area contributed by atoms with Crippen LogP contribution in [0.25, 0.3) is 0 Å². The lowest BCUT2D eigenvalue weighted by atomic mass is 10.1. The summed E-state index contributed by atoms with van der Waals surface area (Å²) in [5.41, 5.74) is 2.75. The molecular weight excluding hydrogens is 180 g/mol. The highest BCUT2D eigenvalue weighted by atomic mass is 13.9. The molecule has 1 aromatic carbocycles. The molecule has 0 spiro atoms. The summed E-state index contributed by atoms with van der Waals surface area (Å²) in [7, 11) is 0. The van der Waals surface area contributed by atoms with Crippen LogP contribution in [-0.2, 0) is 6.42 Å². The zero-order chi connectivity index (χ0) is 10.9. The molecule has 0 aromatic heterocycles. The molecule has 0 bridgehead atoms. The Kier molecular flexibility index (Phi) is 5.84. The van der Waals surface area contributed by atoms with Gasteiger partial charge in [0, 0.05) is 0 Å². The van der Waals surface area contributed by atoms with Crippen molar-refractivity contribution in [2.45, 2.75) is 46.0 Å². The maximum Gasteiger partial charge on any atom is -0.00975 e. The number of aryl methyl sites for hydroxylation is 1. The molecule has 0 fully saturated rings. The van der Waals surface area contributed by atoms with Crippen molar-refractivity contribution in [1.82, 2.24) is 0 Å². The van der Waals surface area contributed by atoms with Gasteiger partial charge in [-0.15, -0.1) is 0 Å². The van der Waals surface area contributed by atoms with Gasteiger partial charge in [-0.25, -0.2) is 0 Å². The Morgan fingerprint density at radius 3 is 2.40 bits per heavy atom. The molecule has 0 saturated carbocycles.